The van der Waals surface area contributed by atoms with Crippen molar-refractivity contribution in [3.05, 3.63) is 94.0 Å². The standard InChI is InChI=1S/C24H25ClN2O3S/c1-4-18-7-9-19(10-8-18)17(3)26-24(28)22-15-20(11-14-23(22)25)27-31(29,30)21-12-5-16(2)6-13-21/h5-15,17,27H,4H2,1-3H3,(H,26,28)/t17-/m0/s1. The van der Waals surface area contributed by atoms with Crippen LogP contribution >= 0.6 is 11.6 Å². The highest BCUT2D eigenvalue weighted by Gasteiger charge is 2.18. The number of anilines is 1. The minimum atomic E-state index is -3.78. The van der Waals surface area contributed by atoms with Crippen LogP contribution in [0.5, 0.6) is 0 Å². The quantitative estimate of drug-likeness (QED) is 0.492. The maximum absolute atomic E-state index is 12.8. The molecular weight excluding hydrogens is 432 g/mol. The van der Waals surface area contributed by atoms with Gasteiger partial charge in [-0.3, -0.25) is 9.52 Å². The summed E-state index contributed by atoms with van der Waals surface area (Å²) in [4.78, 5) is 13.0. The first-order valence-electron chi connectivity index (χ1n) is 9.98. The van der Waals surface area contributed by atoms with Gasteiger partial charge in [0.15, 0.2) is 0 Å². The van der Waals surface area contributed by atoms with Gasteiger partial charge in [0.05, 0.1) is 21.5 Å². The SMILES string of the molecule is CCc1ccc([C@H](C)NC(=O)c2cc(NS(=O)(=O)c3ccc(C)cc3)ccc2Cl)cc1. The van der Waals surface area contributed by atoms with Crippen LogP contribution in [-0.2, 0) is 16.4 Å². The van der Waals surface area contributed by atoms with Crippen LogP contribution in [0.4, 0.5) is 5.69 Å². The number of amides is 1. The van der Waals surface area contributed by atoms with Gasteiger partial charge in [-0.15, -0.1) is 0 Å². The molecule has 31 heavy (non-hydrogen) atoms. The van der Waals surface area contributed by atoms with E-state index in [1.165, 1.54) is 35.9 Å². The molecule has 7 heteroatoms. The van der Waals surface area contributed by atoms with E-state index >= 15 is 0 Å². The van der Waals surface area contributed by atoms with Gasteiger partial charge in [0.2, 0.25) is 0 Å². The van der Waals surface area contributed by atoms with Gasteiger partial charge in [0.1, 0.15) is 0 Å². The Kier molecular flexibility index (Phi) is 7.03. The van der Waals surface area contributed by atoms with E-state index in [1.54, 1.807) is 12.1 Å². The van der Waals surface area contributed by atoms with E-state index in [0.717, 1.165) is 17.5 Å². The highest BCUT2D eigenvalue weighted by molar-refractivity contribution is 7.92. The lowest BCUT2D eigenvalue weighted by molar-refractivity contribution is 0.0940. The van der Waals surface area contributed by atoms with E-state index in [1.807, 2.05) is 38.1 Å². The third-order valence-corrected chi connectivity index (χ3v) is 6.76. The summed E-state index contributed by atoms with van der Waals surface area (Å²) in [5.41, 5.74) is 3.61. The number of hydrogen-bond acceptors (Lipinski definition) is 3. The number of nitrogens with one attached hydrogen (secondary N) is 2. The molecule has 0 fully saturated rings. The molecule has 0 aliphatic carbocycles. The number of rotatable bonds is 7. The summed E-state index contributed by atoms with van der Waals surface area (Å²) in [5.74, 6) is -0.381. The van der Waals surface area contributed by atoms with Crippen LogP contribution in [0, 0.1) is 6.92 Å². The van der Waals surface area contributed by atoms with Gasteiger partial charge in [0.25, 0.3) is 15.9 Å². The van der Waals surface area contributed by atoms with Crippen LogP contribution in [0.3, 0.4) is 0 Å². The van der Waals surface area contributed by atoms with Crippen LogP contribution in [0.2, 0.25) is 5.02 Å². The number of benzene rings is 3. The Balaban J connectivity index is 1.78. The zero-order chi connectivity index (χ0) is 22.6. The van der Waals surface area contributed by atoms with Gasteiger partial charge in [-0.05, 0) is 61.7 Å². The molecule has 3 rings (SSSR count). The van der Waals surface area contributed by atoms with Crippen LogP contribution in [0.15, 0.2) is 71.6 Å². The molecule has 0 bridgehead atoms. The van der Waals surface area contributed by atoms with Gasteiger partial charge in [-0.2, -0.15) is 0 Å². The molecule has 0 aliphatic heterocycles. The van der Waals surface area contributed by atoms with Crippen molar-refractivity contribution < 1.29 is 13.2 Å². The Morgan fingerprint density at radius 2 is 1.65 bits per heavy atom. The Labute approximate surface area is 188 Å². The predicted molar refractivity (Wildman–Crippen MR) is 125 cm³/mol. The molecule has 2 N–H and O–H groups in total. The summed E-state index contributed by atoms with van der Waals surface area (Å²) in [6.45, 7) is 5.85. The fourth-order valence-electron chi connectivity index (χ4n) is 3.09. The van der Waals surface area contributed by atoms with Gasteiger partial charge >= 0.3 is 0 Å². The molecule has 1 atom stereocenters. The average molecular weight is 457 g/mol. The second kappa shape index (κ2) is 9.54. The number of aryl methyl sites for hydroxylation is 2. The first-order valence-corrected chi connectivity index (χ1v) is 11.8. The summed E-state index contributed by atoms with van der Waals surface area (Å²) < 4.78 is 27.8. The number of carbonyl (C=O) groups is 1. The van der Waals surface area contributed by atoms with Crippen molar-refractivity contribution >= 4 is 33.2 Å². The van der Waals surface area contributed by atoms with Crippen LogP contribution in [0.25, 0.3) is 0 Å². The van der Waals surface area contributed by atoms with Crippen molar-refractivity contribution in [2.45, 2.75) is 38.1 Å². The maximum Gasteiger partial charge on any atom is 0.261 e. The molecule has 0 unspecified atom stereocenters. The Morgan fingerprint density at radius 3 is 2.26 bits per heavy atom. The van der Waals surface area contributed by atoms with E-state index < -0.39 is 10.0 Å². The van der Waals surface area contributed by atoms with Crippen LogP contribution in [-0.4, -0.2) is 14.3 Å². The van der Waals surface area contributed by atoms with E-state index in [-0.39, 0.29) is 33.1 Å². The number of halogens is 1. The topological polar surface area (TPSA) is 75.3 Å². The van der Waals surface area contributed by atoms with E-state index in [9.17, 15) is 13.2 Å². The fraction of sp³-hybridized carbons (Fsp3) is 0.208. The summed E-state index contributed by atoms with van der Waals surface area (Å²) in [5, 5.41) is 3.16. The predicted octanol–water partition coefficient (Wildman–Crippen LogP) is 5.50. The van der Waals surface area contributed by atoms with E-state index in [4.69, 9.17) is 11.6 Å². The molecule has 0 radical (unpaired) electrons. The van der Waals surface area contributed by atoms with Crippen molar-refractivity contribution in [2.24, 2.45) is 0 Å². The Hall–Kier alpha value is -2.83. The lowest BCUT2D eigenvalue weighted by atomic mass is 10.0. The largest absolute Gasteiger partial charge is 0.345 e. The minimum Gasteiger partial charge on any atom is -0.345 e. The van der Waals surface area contributed by atoms with Gasteiger partial charge in [0, 0.05) is 5.69 Å². The zero-order valence-electron chi connectivity index (χ0n) is 17.6. The Morgan fingerprint density at radius 1 is 1.00 bits per heavy atom. The number of carbonyl (C=O) groups excluding carboxylic acids is 1. The normalized spacial score (nSPS) is 12.3. The van der Waals surface area contributed by atoms with Crippen LogP contribution in [0.1, 0.15) is 46.9 Å². The molecule has 0 saturated heterocycles. The van der Waals surface area contributed by atoms with Gasteiger partial charge < -0.3 is 5.32 Å². The molecule has 0 heterocycles. The van der Waals surface area contributed by atoms with E-state index in [0.29, 0.717) is 0 Å². The molecule has 0 spiro atoms. The van der Waals surface area contributed by atoms with E-state index in [2.05, 4.69) is 17.0 Å². The third kappa shape index (κ3) is 5.66. The molecule has 3 aromatic carbocycles. The summed E-state index contributed by atoms with van der Waals surface area (Å²) >= 11 is 6.23. The molecule has 3 aromatic rings. The molecule has 1 amide bonds. The summed E-state index contributed by atoms with van der Waals surface area (Å²) in [6.07, 6.45) is 0.946. The molecule has 5 nitrogen and oxygen atoms in total. The highest BCUT2D eigenvalue weighted by Crippen LogP contribution is 2.24. The average Bonchev–Trinajstić information content (AvgIpc) is 2.75. The molecular formula is C24H25ClN2O3S. The third-order valence-electron chi connectivity index (χ3n) is 5.03. The van der Waals surface area contributed by atoms with Crippen molar-refractivity contribution in [1.82, 2.24) is 5.32 Å². The smallest absolute Gasteiger partial charge is 0.261 e. The molecule has 0 saturated carbocycles. The number of hydrogen-bond donors (Lipinski definition) is 2. The summed E-state index contributed by atoms with van der Waals surface area (Å²) in [7, 11) is -3.78. The lowest BCUT2D eigenvalue weighted by Gasteiger charge is -2.16. The van der Waals surface area contributed by atoms with Gasteiger partial charge in [-0.25, -0.2) is 8.42 Å². The highest BCUT2D eigenvalue weighted by atomic mass is 35.5. The molecule has 0 aliphatic rings. The van der Waals surface area contributed by atoms with Gasteiger partial charge in [-0.1, -0.05) is 60.5 Å². The second-order valence-electron chi connectivity index (χ2n) is 7.40. The zero-order valence-corrected chi connectivity index (χ0v) is 19.2. The molecule has 162 valence electrons. The molecule has 0 aromatic heterocycles. The van der Waals surface area contributed by atoms with Crippen LogP contribution < -0.4 is 10.0 Å². The van der Waals surface area contributed by atoms with Crippen molar-refractivity contribution in [3.8, 4) is 0 Å². The lowest BCUT2D eigenvalue weighted by Crippen LogP contribution is -2.27. The first-order chi connectivity index (χ1) is 14.7. The monoisotopic (exact) mass is 456 g/mol. The first kappa shape index (κ1) is 22.8. The second-order valence-corrected chi connectivity index (χ2v) is 9.49. The minimum absolute atomic E-state index is 0.142. The van der Waals surface area contributed by atoms with Crippen molar-refractivity contribution in [2.75, 3.05) is 4.72 Å². The summed E-state index contributed by atoms with van der Waals surface area (Å²) in [6, 6.07) is 18.8. The van der Waals surface area contributed by atoms with Crippen molar-refractivity contribution in [1.29, 1.82) is 0 Å². The Bertz CT molecular complexity index is 1170. The maximum atomic E-state index is 12.8. The van der Waals surface area contributed by atoms with Crippen molar-refractivity contribution in [3.63, 3.8) is 0 Å². The number of sulfonamides is 1. The fourth-order valence-corrected chi connectivity index (χ4v) is 4.35.